The van der Waals surface area contributed by atoms with Gasteiger partial charge < -0.3 is 10.3 Å². The van der Waals surface area contributed by atoms with Crippen molar-refractivity contribution < 1.29 is 0 Å². The van der Waals surface area contributed by atoms with Gasteiger partial charge in [-0.05, 0) is 38.0 Å². The zero-order valence-corrected chi connectivity index (χ0v) is 11.5. The Balaban J connectivity index is 2.24. The van der Waals surface area contributed by atoms with E-state index in [0.717, 1.165) is 16.5 Å². The number of benzene rings is 1. The van der Waals surface area contributed by atoms with Crippen molar-refractivity contribution in [2.75, 3.05) is 6.54 Å². The summed E-state index contributed by atoms with van der Waals surface area (Å²) < 4.78 is 3.39. The molecule has 90 valence electrons. The molecule has 0 aliphatic heterocycles. The van der Waals surface area contributed by atoms with E-state index in [9.17, 15) is 0 Å². The van der Waals surface area contributed by atoms with Crippen molar-refractivity contribution in [3.05, 3.63) is 28.5 Å². The number of halogens is 1. The highest BCUT2D eigenvalue weighted by atomic mass is 79.9. The normalized spacial score (nSPS) is 17.6. The Bertz CT molecular complexity index is 569. The number of aryl methyl sites for hydroxylation is 1. The van der Waals surface area contributed by atoms with Crippen molar-refractivity contribution in [3.8, 4) is 0 Å². The summed E-state index contributed by atoms with van der Waals surface area (Å²) >= 11 is 3.50. The van der Waals surface area contributed by atoms with Gasteiger partial charge in [-0.3, -0.25) is 0 Å². The predicted octanol–water partition coefficient (Wildman–Crippen LogP) is 2.81. The Morgan fingerprint density at radius 1 is 1.47 bits per heavy atom. The van der Waals surface area contributed by atoms with Crippen LogP contribution in [0.5, 0.6) is 0 Å². The minimum atomic E-state index is 0.154. The van der Waals surface area contributed by atoms with Gasteiger partial charge in [-0.2, -0.15) is 0 Å². The monoisotopic (exact) mass is 293 g/mol. The lowest BCUT2D eigenvalue weighted by molar-refractivity contribution is 0.593. The highest BCUT2D eigenvalue weighted by molar-refractivity contribution is 9.10. The number of hydrogen-bond acceptors (Lipinski definition) is 2. The maximum absolute atomic E-state index is 5.91. The van der Waals surface area contributed by atoms with E-state index in [4.69, 9.17) is 10.7 Å². The molecule has 1 aromatic carbocycles. The molecule has 0 saturated heterocycles. The lowest BCUT2D eigenvalue weighted by Crippen LogP contribution is -2.24. The molecule has 0 atom stereocenters. The average Bonchev–Trinajstić information content (AvgIpc) is 3.04. The third-order valence-corrected chi connectivity index (χ3v) is 4.24. The van der Waals surface area contributed by atoms with Crippen LogP contribution in [0.25, 0.3) is 11.0 Å². The van der Waals surface area contributed by atoms with Crippen LogP contribution in [0.4, 0.5) is 0 Å². The van der Waals surface area contributed by atoms with E-state index in [-0.39, 0.29) is 5.41 Å². The van der Waals surface area contributed by atoms with Crippen LogP contribution in [0.2, 0.25) is 0 Å². The number of fused-ring (bicyclic) bond motifs is 1. The zero-order chi connectivity index (χ0) is 12.0. The van der Waals surface area contributed by atoms with E-state index in [1.165, 1.54) is 24.2 Å². The van der Waals surface area contributed by atoms with Gasteiger partial charge in [0, 0.05) is 23.0 Å². The van der Waals surface area contributed by atoms with Crippen LogP contribution in [0.1, 0.15) is 25.6 Å². The Labute approximate surface area is 109 Å². The Kier molecular flexibility index (Phi) is 2.52. The molecule has 3 rings (SSSR count). The molecule has 0 radical (unpaired) electrons. The number of rotatable bonds is 3. The maximum Gasteiger partial charge on any atom is 0.117 e. The Morgan fingerprint density at radius 2 is 2.24 bits per heavy atom. The Hall–Kier alpha value is -0.870. The van der Waals surface area contributed by atoms with Crippen molar-refractivity contribution in [2.45, 2.75) is 31.7 Å². The number of nitrogens with two attached hydrogens (primary N) is 1. The molecule has 0 spiro atoms. The van der Waals surface area contributed by atoms with E-state index in [1.54, 1.807) is 0 Å². The SMILES string of the molecule is CCn1c(C2(CN)CC2)nc2cc(Br)ccc21. The van der Waals surface area contributed by atoms with Crippen molar-refractivity contribution in [1.29, 1.82) is 0 Å². The second-order valence-electron chi connectivity index (χ2n) is 4.80. The van der Waals surface area contributed by atoms with Crippen molar-refractivity contribution in [2.24, 2.45) is 5.73 Å². The molecule has 0 unspecified atom stereocenters. The molecule has 1 aliphatic rings. The fourth-order valence-electron chi connectivity index (χ4n) is 2.50. The van der Waals surface area contributed by atoms with Gasteiger partial charge in [0.15, 0.2) is 0 Å². The summed E-state index contributed by atoms with van der Waals surface area (Å²) in [5.41, 5.74) is 8.35. The summed E-state index contributed by atoms with van der Waals surface area (Å²) in [4.78, 5) is 4.80. The number of hydrogen-bond donors (Lipinski definition) is 1. The minimum Gasteiger partial charge on any atom is -0.329 e. The molecule has 1 heterocycles. The summed E-state index contributed by atoms with van der Waals surface area (Å²) in [6, 6.07) is 6.28. The van der Waals surface area contributed by atoms with Crippen LogP contribution in [0, 0.1) is 0 Å². The maximum atomic E-state index is 5.91. The first kappa shape index (κ1) is 11.2. The molecule has 2 aromatic rings. The average molecular weight is 294 g/mol. The van der Waals surface area contributed by atoms with Gasteiger partial charge in [0.05, 0.1) is 11.0 Å². The largest absolute Gasteiger partial charge is 0.329 e. The standard InChI is InChI=1S/C13H16BrN3/c1-2-17-11-4-3-9(14)7-10(11)16-12(17)13(8-15)5-6-13/h3-4,7H,2,5-6,8,15H2,1H3. The van der Waals surface area contributed by atoms with Crippen LogP contribution in [0.15, 0.2) is 22.7 Å². The van der Waals surface area contributed by atoms with Gasteiger partial charge in [0.1, 0.15) is 5.82 Å². The van der Waals surface area contributed by atoms with Gasteiger partial charge in [-0.15, -0.1) is 0 Å². The van der Waals surface area contributed by atoms with Crippen molar-refractivity contribution in [3.63, 3.8) is 0 Å². The molecule has 1 saturated carbocycles. The molecule has 2 N–H and O–H groups in total. The van der Waals surface area contributed by atoms with E-state index < -0.39 is 0 Å². The van der Waals surface area contributed by atoms with Crippen molar-refractivity contribution >= 4 is 27.0 Å². The van der Waals surface area contributed by atoms with Crippen LogP contribution < -0.4 is 5.73 Å². The highest BCUT2D eigenvalue weighted by Crippen LogP contribution is 2.47. The van der Waals surface area contributed by atoms with Crippen LogP contribution in [0.3, 0.4) is 0 Å². The van der Waals surface area contributed by atoms with Crippen LogP contribution in [-0.2, 0) is 12.0 Å². The van der Waals surface area contributed by atoms with E-state index >= 15 is 0 Å². The highest BCUT2D eigenvalue weighted by Gasteiger charge is 2.46. The number of aromatic nitrogens is 2. The number of imidazole rings is 1. The van der Waals surface area contributed by atoms with E-state index in [2.05, 4.69) is 45.6 Å². The first-order chi connectivity index (χ1) is 8.20. The molecular formula is C13H16BrN3. The second kappa shape index (κ2) is 3.82. The summed E-state index contributed by atoms with van der Waals surface area (Å²) in [6.45, 7) is 3.83. The zero-order valence-electron chi connectivity index (χ0n) is 9.91. The third kappa shape index (κ3) is 1.62. The molecule has 0 amide bonds. The topological polar surface area (TPSA) is 43.8 Å². The summed E-state index contributed by atoms with van der Waals surface area (Å²) in [6.07, 6.45) is 2.35. The molecule has 1 aromatic heterocycles. The smallest absolute Gasteiger partial charge is 0.117 e. The summed E-state index contributed by atoms with van der Waals surface area (Å²) in [7, 11) is 0. The quantitative estimate of drug-likeness (QED) is 0.946. The van der Waals surface area contributed by atoms with Crippen LogP contribution >= 0.6 is 15.9 Å². The predicted molar refractivity (Wildman–Crippen MR) is 73.1 cm³/mol. The fraction of sp³-hybridized carbons (Fsp3) is 0.462. The lowest BCUT2D eigenvalue weighted by Gasteiger charge is -2.13. The molecular weight excluding hydrogens is 278 g/mol. The van der Waals surface area contributed by atoms with Gasteiger partial charge in [-0.1, -0.05) is 15.9 Å². The lowest BCUT2D eigenvalue weighted by atomic mass is 10.1. The minimum absolute atomic E-state index is 0.154. The van der Waals surface area contributed by atoms with E-state index in [1.807, 2.05) is 0 Å². The Morgan fingerprint density at radius 3 is 2.82 bits per heavy atom. The van der Waals surface area contributed by atoms with Crippen molar-refractivity contribution in [1.82, 2.24) is 9.55 Å². The van der Waals surface area contributed by atoms with Crippen LogP contribution in [-0.4, -0.2) is 16.1 Å². The first-order valence-electron chi connectivity index (χ1n) is 6.06. The van der Waals surface area contributed by atoms with E-state index in [0.29, 0.717) is 6.54 Å². The van der Waals surface area contributed by atoms with Gasteiger partial charge in [0.2, 0.25) is 0 Å². The van der Waals surface area contributed by atoms with Gasteiger partial charge >= 0.3 is 0 Å². The number of nitrogens with zero attached hydrogens (tertiary/aromatic N) is 2. The molecule has 3 nitrogen and oxygen atoms in total. The molecule has 0 bridgehead atoms. The third-order valence-electron chi connectivity index (χ3n) is 3.75. The fourth-order valence-corrected chi connectivity index (χ4v) is 2.85. The molecule has 17 heavy (non-hydrogen) atoms. The van der Waals surface area contributed by atoms with Gasteiger partial charge in [-0.25, -0.2) is 4.98 Å². The van der Waals surface area contributed by atoms with Gasteiger partial charge in [0.25, 0.3) is 0 Å². The second-order valence-corrected chi connectivity index (χ2v) is 5.71. The summed E-state index contributed by atoms with van der Waals surface area (Å²) in [5, 5.41) is 0. The summed E-state index contributed by atoms with van der Waals surface area (Å²) in [5.74, 6) is 1.18. The molecule has 4 heteroatoms. The molecule has 1 fully saturated rings. The molecule has 1 aliphatic carbocycles. The first-order valence-corrected chi connectivity index (χ1v) is 6.86.